The van der Waals surface area contributed by atoms with Crippen LogP contribution in [-0.4, -0.2) is 8.07 Å². The van der Waals surface area contributed by atoms with Gasteiger partial charge in [-0.3, -0.25) is 0 Å². The van der Waals surface area contributed by atoms with Gasteiger partial charge in [0, 0.05) is 38.8 Å². The summed E-state index contributed by atoms with van der Waals surface area (Å²) in [4.78, 5) is 2.37. The summed E-state index contributed by atoms with van der Waals surface area (Å²) in [6.07, 6.45) is 0. The average molecular weight is 938 g/mol. The van der Waals surface area contributed by atoms with Crippen molar-refractivity contribution in [1.82, 2.24) is 0 Å². The molecule has 1 aliphatic carbocycles. The highest BCUT2D eigenvalue weighted by atomic mass is 28.3. The van der Waals surface area contributed by atoms with E-state index in [0.717, 1.165) is 50.1 Å². The van der Waals surface area contributed by atoms with Crippen LogP contribution in [0.25, 0.3) is 66.4 Å². The highest BCUT2D eigenvalue weighted by molar-refractivity contribution is 7.19. The molecular formula is C69H51NOSi. The van der Waals surface area contributed by atoms with Crippen LogP contribution in [0.1, 0.15) is 25.0 Å². The lowest BCUT2D eigenvalue weighted by Crippen LogP contribution is -2.74. The summed E-state index contributed by atoms with van der Waals surface area (Å²) >= 11 is 0. The molecule has 2 nitrogen and oxygen atoms in total. The molecule has 0 aliphatic heterocycles. The summed E-state index contributed by atoms with van der Waals surface area (Å²) in [7, 11) is -2.64. The van der Waals surface area contributed by atoms with Gasteiger partial charge in [-0.05, 0) is 113 Å². The van der Waals surface area contributed by atoms with Crippen molar-refractivity contribution in [2.45, 2.75) is 19.3 Å². The van der Waals surface area contributed by atoms with Crippen LogP contribution in [0.15, 0.2) is 277 Å². The Morgan fingerprint density at radius 2 is 0.722 bits per heavy atom. The van der Waals surface area contributed by atoms with E-state index in [2.05, 4.69) is 280 Å². The number of hydrogen-bond donors (Lipinski definition) is 0. The molecule has 12 aromatic rings. The monoisotopic (exact) mass is 937 g/mol. The zero-order chi connectivity index (χ0) is 48.2. The minimum absolute atomic E-state index is 0.111. The van der Waals surface area contributed by atoms with E-state index in [1.165, 1.54) is 65.3 Å². The highest BCUT2D eigenvalue weighted by Gasteiger charge is 2.41. The maximum absolute atomic E-state index is 6.48. The third-order valence-corrected chi connectivity index (χ3v) is 20.1. The minimum Gasteiger partial charge on any atom is -0.455 e. The normalized spacial score (nSPS) is 12.7. The maximum atomic E-state index is 6.48. The van der Waals surface area contributed by atoms with Gasteiger partial charge in [0.05, 0.1) is 0 Å². The molecule has 0 atom stereocenters. The summed E-state index contributed by atoms with van der Waals surface area (Å²) in [5, 5.41) is 7.73. The number of nitrogens with zero attached hydrogens (tertiary/aromatic N) is 1. The lowest BCUT2D eigenvalue weighted by molar-refractivity contribution is 0.662. The lowest BCUT2D eigenvalue weighted by atomic mass is 9.79. The topological polar surface area (TPSA) is 16.4 Å². The molecule has 3 heteroatoms. The Hall–Kier alpha value is -8.76. The fourth-order valence-corrected chi connectivity index (χ4v) is 16.6. The molecule has 0 fully saturated rings. The molecule has 1 heterocycles. The van der Waals surface area contributed by atoms with Crippen molar-refractivity contribution in [1.29, 1.82) is 0 Å². The van der Waals surface area contributed by atoms with Crippen molar-refractivity contribution < 1.29 is 4.42 Å². The van der Waals surface area contributed by atoms with Crippen LogP contribution < -0.4 is 25.6 Å². The highest BCUT2D eigenvalue weighted by Crippen LogP contribution is 2.52. The van der Waals surface area contributed by atoms with Crippen molar-refractivity contribution >= 4 is 67.8 Å². The Kier molecular flexibility index (Phi) is 10.6. The molecule has 342 valence electrons. The maximum Gasteiger partial charge on any atom is 0.179 e. The SMILES string of the molecule is CC1(C)c2ccccc2-c2cccc(-c3ccc(N(c4ccc(-c5ccc([Si](c6ccccc6)(c6ccccc6)c6ccccc6)cc5)cc4)c4ccc(-c5cccc6c5oc5ccccc56)cc4)cc3)c21. The van der Waals surface area contributed by atoms with Gasteiger partial charge in [0.1, 0.15) is 11.2 Å². The van der Waals surface area contributed by atoms with Crippen LogP contribution >= 0.6 is 0 Å². The zero-order valence-corrected chi connectivity index (χ0v) is 41.3. The number of para-hydroxylation sites is 2. The van der Waals surface area contributed by atoms with E-state index in [9.17, 15) is 0 Å². The number of furan rings is 1. The van der Waals surface area contributed by atoms with Gasteiger partial charge in [0.25, 0.3) is 0 Å². The quantitative estimate of drug-likeness (QED) is 0.100. The van der Waals surface area contributed by atoms with Gasteiger partial charge in [0.2, 0.25) is 0 Å². The second-order valence-electron chi connectivity index (χ2n) is 19.6. The van der Waals surface area contributed by atoms with Crippen molar-refractivity contribution in [3.8, 4) is 44.5 Å². The number of benzene rings is 11. The number of rotatable bonds is 10. The third kappa shape index (κ3) is 7.07. The molecule has 13 rings (SSSR count). The van der Waals surface area contributed by atoms with Crippen LogP contribution in [0.5, 0.6) is 0 Å². The first-order valence-corrected chi connectivity index (χ1v) is 27.0. The van der Waals surface area contributed by atoms with Gasteiger partial charge < -0.3 is 9.32 Å². The molecule has 0 amide bonds. The smallest absolute Gasteiger partial charge is 0.179 e. The van der Waals surface area contributed by atoms with E-state index in [1.54, 1.807) is 0 Å². The number of fused-ring (bicyclic) bond motifs is 6. The van der Waals surface area contributed by atoms with Gasteiger partial charge in [0.15, 0.2) is 8.07 Å². The van der Waals surface area contributed by atoms with E-state index >= 15 is 0 Å². The van der Waals surface area contributed by atoms with Gasteiger partial charge in [-0.1, -0.05) is 244 Å². The molecule has 0 spiro atoms. The number of anilines is 3. The predicted molar refractivity (Wildman–Crippen MR) is 306 cm³/mol. The Morgan fingerprint density at radius 1 is 0.319 bits per heavy atom. The van der Waals surface area contributed by atoms with E-state index in [-0.39, 0.29) is 5.41 Å². The van der Waals surface area contributed by atoms with Gasteiger partial charge in [-0.25, -0.2) is 0 Å². The molecule has 0 unspecified atom stereocenters. The number of hydrogen-bond acceptors (Lipinski definition) is 2. The largest absolute Gasteiger partial charge is 0.455 e. The molecule has 0 saturated heterocycles. The van der Waals surface area contributed by atoms with E-state index in [4.69, 9.17) is 4.42 Å². The Balaban J connectivity index is 0.882. The molecule has 11 aromatic carbocycles. The zero-order valence-electron chi connectivity index (χ0n) is 40.3. The third-order valence-electron chi connectivity index (χ3n) is 15.3. The summed E-state index contributed by atoms with van der Waals surface area (Å²) < 4.78 is 6.48. The molecule has 0 bridgehead atoms. The summed E-state index contributed by atoms with van der Waals surface area (Å²) in [5.74, 6) is 0. The van der Waals surface area contributed by atoms with E-state index in [0.29, 0.717) is 0 Å². The fraction of sp³-hybridized carbons (Fsp3) is 0.0435. The summed E-state index contributed by atoms with van der Waals surface area (Å²) in [6, 6.07) is 100. The fourth-order valence-electron chi connectivity index (χ4n) is 11.9. The average Bonchev–Trinajstić information content (AvgIpc) is 3.95. The summed E-state index contributed by atoms with van der Waals surface area (Å²) in [5.41, 5.74) is 17.4. The minimum atomic E-state index is -2.64. The second kappa shape index (κ2) is 17.6. The van der Waals surface area contributed by atoms with Crippen molar-refractivity contribution in [3.05, 3.63) is 284 Å². The Bertz CT molecular complexity index is 3800. The second-order valence-corrected chi connectivity index (χ2v) is 23.4. The van der Waals surface area contributed by atoms with Gasteiger partial charge in [-0.15, -0.1) is 0 Å². The standard InChI is InChI=1S/C69H51NOSi/c1-69(2)65-30-14-12-24-61(65)63-28-16-26-59(67(63)69)50-34-42-53(43-35-50)70(54-44-36-51(37-45-54)60-27-17-29-64-62-25-13-15-31-66(62)71-68(60)64)52-40-32-48(33-41-52)49-38-46-58(47-39-49)72(55-18-6-3-7-19-55,56-20-8-4-9-21-56)57-22-10-5-11-23-57/h3-47H,1-2H3. The van der Waals surface area contributed by atoms with Crippen LogP contribution in [0.3, 0.4) is 0 Å². The molecule has 0 saturated carbocycles. The van der Waals surface area contributed by atoms with E-state index in [1.807, 2.05) is 12.1 Å². The van der Waals surface area contributed by atoms with E-state index < -0.39 is 8.07 Å². The Morgan fingerprint density at radius 3 is 1.31 bits per heavy atom. The van der Waals surface area contributed by atoms with Crippen LogP contribution in [-0.2, 0) is 5.41 Å². The first-order chi connectivity index (χ1) is 35.5. The lowest BCUT2D eigenvalue weighted by Gasteiger charge is -2.34. The van der Waals surface area contributed by atoms with Gasteiger partial charge in [-0.2, -0.15) is 0 Å². The van der Waals surface area contributed by atoms with Crippen LogP contribution in [0.4, 0.5) is 17.1 Å². The summed E-state index contributed by atoms with van der Waals surface area (Å²) in [6.45, 7) is 4.73. The Labute approximate surface area is 422 Å². The predicted octanol–water partition coefficient (Wildman–Crippen LogP) is 15.7. The molecule has 1 aromatic heterocycles. The van der Waals surface area contributed by atoms with Crippen LogP contribution in [0.2, 0.25) is 0 Å². The van der Waals surface area contributed by atoms with Crippen LogP contribution in [0, 0.1) is 0 Å². The first kappa shape index (κ1) is 43.3. The molecular weight excluding hydrogens is 887 g/mol. The van der Waals surface area contributed by atoms with Gasteiger partial charge >= 0.3 is 0 Å². The molecule has 0 radical (unpaired) electrons. The van der Waals surface area contributed by atoms with Crippen molar-refractivity contribution in [2.24, 2.45) is 0 Å². The van der Waals surface area contributed by atoms with Crippen molar-refractivity contribution in [3.63, 3.8) is 0 Å². The van der Waals surface area contributed by atoms with Crippen molar-refractivity contribution in [2.75, 3.05) is 4.90 Å². The molecule has 72 heavy (non-hydrogen) atoms. The first-order valence-electron chi connectivity index (χ1n) is 25.0. The molecule has 0 N–H and O–H groups in total. The molecule has 1 aliphatic rings.